The van der Waals surface area contributed by atoms with E-state index in [0.29, 0.717) is 5.69 Å². The van der Waals surface area contributed by atoms with Gasteiger partial charge in [0.15, 0.2) is 0 Å². The largest absolute Gasteiger partial charge is 0.360 e. The highest BCUT2D eigenvalue weighted by Crippen LogP contribution is 2.35. The lowest BCUT2D eigenvalue weighted by Crippen LogP contribution is -2.41. The third-order valence-electron chi connectivity index (χ3n) is 5.71. The Hall–Kier alpha value is -2.69. The summed E-state index contributed by atoms with van der Waals surface area (Å²) >= 11 is 0. The fraction of sp³-hybridized carbons (Fsp3) is 0.391. The molecule has 5 heteroatoms. The molecular formula is C23H26FN3O. The monoisotopic (exact) mass is 379 g/mol. The highest BCUT2D eigenvalue weighted by atomic mass is 19.1. The molecule has 2 aromatic rings. The SMILES string of the molecule is Cc1cccc2c1C(C(=O)NC1CCCCC1)C=NC2Nc1cccc(F)c1. The zero-order valence-corrected chi connectivity index (χ0v) is 16.1. The molecule has 4 rings (SSSR count). The maximum atomic E-state index is 13.5. The number of aliphatic imine (C=N–C) groups is 1. The van der Waals surface area contributed by atoms with E-state index in [1.807, 2.05) is 31.2 Å². The Morgan fingerprint density at radius 2 is 1.89 bits per heavy atom. The van der Waals surface area contributed by atoms with Crippen LogP contribution < -0.4 is 10.6 Å². The minimum atomic E-state index is -0.385. The van der Waals surface area contributed by atoms with Crippen LogP contribution in [0.15, 0.2) is 47.5 Å². The van der Waals surface area contributed by atoms with Crippen molar-refractivity contribution in [3.8, 4) is 0 Å². The first-order chi connectivity index (χ1) is 13.6. The number of carbonyl (C=O) groups excluding carboxylic acids is 1. The lowest BCUT2D eigenvalue weighted by atomic mass is 9.86. The number of benzene rings is 2. The molecule has 146 valence electrons. The molecule has 1 saturated carbocycles. The van der Waals surface area contributed by atoms with E-state index in [-0.39, 0.29) is 29.8 Å². The van der Waals surface area contributed by atoms with Gasteiger partial charge >= 0.3 is 0 Å². The highest BCUT2D eigenvalue weighted by Gasteiger charge is 2.31. The van der Waals surface area contributed by atoms with Crippen molar-refractivity contribution in [3.63, 3.8) is 0 Å². The van der Waals surface area contributed by atoms with E-state index in [4.69, 9.17) is 0 Å². The van der Waals surface area contributed by atoms with Gasteiger partial charge in [-0.15, -0.1) is 0 Å². The third kappa shape index (κ3) is 3.93. The minimum absolute atomic E-state index is 0.0235. The molecule has 4 nitrogen and oxygen atoms in total. The number of nitrogens with one attached hydrogen (secondary N) is 2. The van der Waals surface area contributed by atoms with Gasteiger partial charge in [-0.05, 0) is 49.1 Å². The van der Waals surface area contributed by atoms with Crippen LogP contribution in [0.3, 0.4) is 0 Å². The summed E-state index contributed by atoms with van der Waals surface area (Å²) in [4.78, 5) is 17.6. The summed E-state index contributed by atoms with van der Waals surface area (Å²) in [6.07, 6.45) is 7.13. The van der Waals surface area contributed by atoms with Crippen LogP contribution in [-0.4, -0.2) is 18.2 Å². The molecule has 2 aliphatic rings. The molecule has 1 aliphatic carbocycles. The van der Waals surface area contributed by atoms with E-state index in [2.05, 4.69) is 15.6 Å². The second kappa shape index (κ2) is 8.13. The van der Waals surface area contributed by atoms with Gasteiger partial charge < -0.3 is 10.6 Å². The summed E-state index contributed by atoms with van der Waals surface area (Å²) in [5, 5.41) is 6.50. The number of carbonyl (C=O) groups is 1. The molecule has 1 aliphatic heterocycles. The predicted molar refractivity (Wildman–Crippen MR) is 110 cm³/mol. The van der Waals surface area contributed by atoms with Crippen molar-refractivity contribution in [1.29, 1.82) is 0 Å². The lowest BCUT2D eigenvalue weighted by molar-refractivity contribution is -0.122. The van der Waals surface area contributed by atoms with Crippen molar-refractivity contribution < 1.29 is 9.18 Å². The fourth-order valence-corrected chi connectivity index (χ4v) is 4.28. The molecule has 2 aromatic carbocycles. The number of amides is 1. The summed E-state index contributed by atoms with van der Waals surface area (Å²) in [5.41, 5.74) is 3.70. The molecule has 0 saturated heterocycles. The lowest BCUT2D eigenvalue weighted by Gasteiger charge is -2.30. The van der Waals surface area contributed by atoms with E-state index < -0.39 is 0 Å². The van der Waals surface area contributed by atoms with E-state index in [0.717, 1.165) is 29.5 Å². The Balaban J connectivity index is 1.58. The minimum Gasteiger partial charge on any atom is -0.360 e. The Morgan fingerprint density at radius 1 is 1.11 bits per heavy atom. The van der Waals surface area contributed by atoms with Crippen molar-refractivity contribution in [3.05, 3.63) is 65.0 Å². The van der Waals surface area contributed by atoms with Crippen LogP contribution in [0, 0.1) is 12.7 Å². The fourth-order valence-electron chi connectivity index (χ4n) is 4.28. The van der Waals surface area contributed by atoms with Crippen LogP contribution in [0.1, 0.15) is 60.9 Å². The van der Waals surface area contributed by atoms with Crippen LogP contribution >= 0.6 is 0 Å². The Labute approximate surface area is 165 Å². The van der Waals surface area contributed by atoms with E-state index in [9.17, 15) is 9.18 Å². The van der Waals surface area contributed by atoms with Crippen LogP contribution in [0.4, 0.5) is 10.1 Å². The summed E-state index contributed by atoms with van der Waals surface area (Å²) in [6.45, 7) is 2.03. The molecule has 0 bridgehead atoms. The summed E-state index contributed by atoms with van der Waals surface area (Å²) in [5.74, 6) is -0.655. The second-order valence-corrected chi connectivity index (χ2v) is 7.75. The van der Waals surface area contributed by atoms with Crippen LogP contribution in [0.25, 0.3) is 0 Å². The van der Waals surface area contributed by atoms with Gasteiger partial charge in [-0.3, -0.25) is 9.79 Å². The molecule has 2 N–H and O–H groups in total. The second-order valence-electron chi connectivity index (χ2n) is 7.75. The number of aryl methyl sites for hydroxylation is 1. The van der Waals surface area contributed by atoms with Gasteiger partial charge in [-0.2, -0.15) is 0 Å². The number of rotatable bonds is 4. The van der Waals surface area contributed by atoms with Crippen molar-refractivity contribution >= 4 is 17.8 Å². The number of anilines is 1. The number of halogens is 1. The first-order valence-electron chi connectivity index (χ1n) is 10.1. The molecule has 0 spiro atoms. The standard InChI is InChI=1S/C23H26FN3O/c1-15-7-5-12-19-21(15)20(23(28)27-17-9-3-2-4-10-17)14-25-22(19)26-18-11-6-8-16(24)13-18/h5-8,11-14,17,20,22,26H,2-4,9-10H2,1H3,(H,27,28). The first-order valence-corrected chi connectivity index (χ1v) is 10.1. The van der Waals surface area contributed by atoms with Crippen molar-refractivity contribution in [2.75, 3.05) is 5.32 Å². The maximum Gasteiger partial charge on any atom is 0.233 e. The predicted octanol–water partition coefficient (Wildman–Crippen LogP) is 4.86. The number of hydrogen-bond acceptors (Lipinski definition) is 3. The molecular weight excluding hydrogens is 353 g/mol. The highest BCUT2D eigenvalue weighted by molar-refractivity contribution is 6.01. The van der Waals surface area contributed by atoms with Crippen LogP contribution in [0.2, 0.25) is 0 Å². The number of nitrogens with zero attached hydrogens (tertiary/aromatic N) is 1. The van der Waals surface area contributed by atoms with Crippen molar-refractivity contribution in [1.82, 2.24) is 5.32 Å². The maximum absolute atomic E-state index is 13.5. The third-order valence-corrected chi connectivity index (χ3v) is 5.71. The summed E-state index contributed by atoms with van der Waals surface area (Å²) in [6, 6.07) is 12.6. The van der Waals surface area contributed by atoms with E-state index in [1.165, 1.54) is 31.4 Å². The van der Waals surface area contributed by atoms with Crippen LogP contribution in [0.5, 0.6) is 0 Å². The van der Waals surface area contributed by atoms with Gasteiger partial charge in [-0.25, -0.2) is 4.39 Å². The van der Waals surface area contributed by atoms with E-state index in [1.54, 1.807) is 12.3 Å². The van der Waals surface area contributed by atoms with Gasteiger partial charge in [0.2, 0.25) is 5.91 Å². The summed E-state index contributed by atoms with van der Waals surface area (Å²) < 4.78 is 13.5. The average Bonchev–Trinajstić information content (AvgIpc) is 2.69. The van der Waals surface area contributed by atoms with Gasteiger partial charge in [0, 0.05) is 23.5 Å². The molecule has 2 unspecified atom stereocenters. The zero-order valence-electron chi connectivity index (χ0n) is 16.1. The molecule has 1 heterocycles. The quantitative estimate of drug-likeness (QED) is 0.797. The first kappa shape index (κ1) is 18.7. The normalized spacial score (nSPS) is 21.8. The van der Waals surface area contributed by atoms with Crippen molar-refractivity contribution in [2.45, 2.75) is 57.2 Å². The molecule has 1 amide bonds. The molecule has 0 radical (unpaired) electrons. The van der Waals surface area contributed by atoms with Crippen molar-refractivity contribution in [2.24, 2.45) is 4.99 Å². The average molecular weight is 379 g/mol. The molecule has 0 aromatic heterocycles. The van der Waals surface area contributed by atoms with Gasteiger partial charge in [0.25, 0.3) is 0 Å². The van der Waals surface area contributed by atoms with Gasteiger partial charge in [0.05, 0.1) is 5.92 Å². The van der Waals surface area contributed by atoms with Crippen LogP contribution in [-0.2, 0) is 4.79 Å². The Kier molecular flexibility index (Phi) is 5.42. The van der Waals surface area contributed by atoms with Gasteiger partial charge in [-0.1, -0.05) is 43.5 Å². The van der Waals surface area contributed by atoms with E-state index >= 15 is 0 Å². The van der Waals surface area contributed by atoms with Gasteiger partial charge in [0.1, 0.15) is 12.0 Å². The topological polar surface area (TPSA) is 53.5 Å². The Morgan fingerprint density at radius 3 is 2.68 bits per heavy atom. The molecule has 2 atom stereocenters. The number of fused-ring (bicyclic) bond motifs is 1. The smallest absolute Gasteiger partial charge is 0.233 e. The zero-order chi connectivity index (χ0) is 19.5. The number of hydrogen-bond donors (Lipinski definition) is 2. The Bertz CT molecular complexity index is 889. The molecule has 28 heavy (non-hydrogen) atoms. The summed E-state index contributed by atoms with van der Waals surface area (Å²) in [7, 11) is 0. The molecule has 1 fully saturated rings.